The van der Waals surface area contributed by atoms with Crippen LogP contribution in [0.25, 0.3) is 0 Å². The zero-order valence-corrected chi connectivity index (χ0v) is 18.0. The summed E-state index contributed by atoms with van der Waals surface area (Å²) < 4.78 is 16.5. The molecule has 0 saturated heterocycles. The molecule has 6 nitrogen and oxygen atoms in total. The molecule has 0 aliphatic rings. The van der Waals surface area contributed by atoms with Crippen LogP contribution in [0.1, 0.15) is 37.5 Å². The second-order valence-electron chi connectivity index (χ2n) is 8.07. The van der Waals surface area contributed by atoms with Crippen molar-refractivity contribution in [3.63, 3.8) is 0 Å². The first-order chi connectivity index (χ1) is 13.6. The van der Waals surface area contributed by atoms with Crippen LogP contribution >= 0.6 is 0 Å². The highest BCUT2D eigenvalue weighted by atomic mass is 16.6. The highest BCUT2D eigenvalue weighted by Crippen LogP contribution is 2.31. The van der Waals surface area contributed by atoms with Gasteiger partial charge in [0.1, 0.15) is 22.8 Å². The number of alkyl carbamates (subject to hydrolysis) is 1. The molecule has 1 atom stereocenters. The second-order valence-corrected chi connectivity index (χ2v) is 8.07. The third kappa shape index (κ3) is 6.98. The second kappa shape index (κ2) is 9.65. The van der Waals surface area contributed by atoms with Crippen LogP contribution < -0.4 is 14.8 Å². The predicted octanol–water partition coefficient (Wildman–Crippen LogP) is 4.53. The maximum Gasteiger partial charge on any atom is 0.407 e. The summed E-state index contributed by atoms with van der Waals surface area (Å²) in [7, 11) is 1.63. The number of benzene rings is 2. The maximum absolute atomic E-state index is 12.0. The van der Waals surface area contributed by atoms with Crippen LogP contribution in [0.2, 0.25) is 0 Å². The van der Waals surface area contributed by atoms with Crippen molar-refractivity contribution >= 4 is 6.09 Å². The fourth-order valence-corrected chi connectivity index (χ4v) is 3.00. The zero-order valence-electron chi connectivity index (χ0n) is 18.0. The van der Waals surface area contributed by atoms with Gasteiger partial charge in [0.15, 0.2) is 0 Å². The van der Waals surface area contributed by atoms with E-state index in [1.807, 2.05) is 50.2 Å². The molecule has 1 unspecified atom stereocenters. The summed E-state index contributed by atoms with van der Waals surface area (Å²) in [6.45, 7) is 9.18. The quantitative estimate of drug-likeness (QED) is 0.713. The van der Waals surface area contributed by atoms with Gasteiger partial charge in [0.05, 0.1) is 19.8 Å². The average molecular weight is 402 g/mol. The van der Waals surface area contributed by atoms with E-state index in [-0.39, 0.29) is 6.61 Å². The van der Waals surface area contributed by atoms with Gasteiger partial charge in [-0.15, -0.1) is 0 Å². The van der Waals surface area contributed by atoms with Crippen molar-refractivity contribution < 1.29 is 24.1 Å². The van der Waals surface area contributed by atoms with Gasteiger partial charge in [-0.3, -0.25) is 0 Å². The van der Waals surface area contributed by atoms with E-state index >= 15 is 0 Å². The number of carbonyl (C=O) groups is 1. The van der Waals surface area contributed by atoms with Crippen molar-refractivity contribution in [3.05, 3.63) is 53.1 Å². The molecule has 158 valence electrons. The Balaban J connectivity index is 2.09. The van der Waals surface area contributed by atoms with Gasteiger partial charge in [-0.25, -0.2) is 4.79 Å². The van der Waals surface area contributed by atoms with Crippen molar-refractivity contribution in [2.75, 3.05) is 13.7 Å². The summed E-state index contributed by atoms with van der Waals surface area (Å²) in [6.07, 6.45) is -0.0512. The van der Waals surface area contributed by atoms with E-state index < -0.39 is 17.7 Å². The van der Waals surface area contributed by atoms with Crippen LogP contribution in [-0.2, 0) is 11.2 Å². The highest BCUT2D eigenvalue weighted by molar-refractivity contribution is 5.68. The Kier molecular flexibility index (Phi) is 7.51. The summed E-state index contributed by atoms with van der Waals surface area (Å²) in [4.78, 5) is 12.0. The summed E-state index contributed by atoms with van der Waals surface area (Å²) in [5.41, 5.74) is 2.37. The number of nitrogens with one attached hydrogen (secondary N) is 1. The minimum Gasteiger partial charge on any atom is -0.497 e. The molecule has 29 heavy (non-hydrogen) atoms. The topological polar surface area (TPSA) is 77.0 Å². The van der Waals surface area contributed by atoms with Crippen LogP contribution in [0.15, 0.2) is 36.4 Å². The van der Waals surface area contributed by atoms with E-state index in [0.717, 1.165) is 33.9 Å². The molecule has 0 saturated carbocycles. The van der Waals surface area contributed by atoms with Crippen molar-refractivity contribution in [1.82, 2.24) is 5.32 Å². The maximum atomic E-state index is 12.0. The smallest absolute Gasteiger partial charge is 0.407 e. The molecule has 1 amide bonds. The van der Waals surface area contributed by atoms with E-state index in [1.54, 1.807) is 27.9 Å². The van der Waals surface area contributed by atoms with E-state index in [2.05, 4.69) is 5.32 Å². The van der Waals surface area contributed by atoms with Gasteiger partial charge in [0.2, 0.25) is 0 Å². The normalized spacial score (nSPS) is 12.2. The van der Waals surface area contributed by atoms with Gasteiger partial charge in [-0.05, 0) is 82.0 Å². The Hall–Kier alpha value is -2.73. The third-order valence-corrected chi connectivity index (χ3v) is 4.22. The Morgan fingerprint density at radius 1 is 1.07 bits per heavy atom. The lowest BCUT2D eigenvalue weighted by Gasteiger charge is -2.23. The van der Waals surface area contributed by atoms with Crippen LogP contribution in [0, 0.1) is 13.8 Å². The first kappa shape index (κ1) is 22.6. The number of carbonyl (C=O) groups excluding carboxylic acids is 1. The number of methoxy groups -OCH3 is 1. The summed E-state index contributed by atoms with van der Waals surface area (Å²) in [6, 6.07) is 11.0. The molecule has 2 aromatic rings. The lowest BCUT2D eigenvalue weighted by molar-refractivity contribution is 0.0483. The standard InChI is InChI=1S/C23H31NO5/c1-15-11-17(13-18(14-25)24-22(26)29-23(3,4)5)12-16(2)21(15)28-20-9-7-19(27-6)8-10-20/h7-12,18,25H,13-14H2,1-6H3,(H,24,26). The number of aliphatic hydroxyl groups excluding tert-OH is 1. The highest BCUT2D eigenvalue weighted by Gasteiger charge is 2.20. The number of hydrogen-bond donors (Lipinski definition) is 2. The lowest BCUT2D eigenvalue weighted by Crippen LogP contribution is -2.42. The Labute approximate surface area is 172 Å². The van der Waals surface area contributed by atoms with Crippen molar-refractivity contribution in [2.45, 2.75) is 52.7 Å². The molecule has 0 aliphatic heterocycles. The van der Waals surface area contributed by atoms with Gasteiger partial charge in [0, 0.05) is 0 Å². The fraction of sp³-hybridized carbons (Fsp3) is 0.435. The molecule has 0 fully saturated rings. The molecule has 0 radical (unpaired) electrons. The van der Waals surface area contributed by atoms with Gasteiger partial charge in [-0.2, -0.15) is 0 Å². The molecule has 0 aromatic heterocycles. The van der Waals surface area contributed by atoms with Gasteiger partial charge in [0.25, 0.3) is 0 Å². The lowest BCUT2D eigenvalue weighted by atomic mass is 10.0. The molecular weight excluding hydrogens is 370 g/mol. The number of aliphatic hydroxyl groups is 1. The third-order valence-electron chi connectivity index (χ3n) is 4.22. The average Bonchev–Trinajstić information content (AvgIpc) is 2.63. The van der Waals surface area contributed by atoms with Crippen molar-refractivity contribution in [3.8, 4) is 17.2 Å². The minimum absolute atomic E-state index is 0.179. The summed E-state index contributed by atoms with van der Waals surface area (Å²) in [5, 5.41) is 12.4. The minimum atomic E-state index is -0.586. The van der Waals surface area contributed by atoms with Gasteiger partial charge >= 0.3 is 6.09 Å². The molecular formula is C23H31NO5. The molecule has 0 spiro atoms. The van der Waals surface area contributed by atoms with Gasteiger partial charge < -0.3 is 24.6 Å². The van der Waals surface area contributed by atoms with Crippen LogP contribution in [0.5, 0.6) is 17.2 Å². The predicted molar refractivity (Wildman–Crippen MR) is 113 cm³/mol. The number of hydrogen-bond acceptors (Lipinski definition) is 5. The molecule has 2 N–H and O–H groups in total. The summed E-state index contributed by atoms with van der Waals surface area (Å²) in [5.74, 6) is 2.29. The van der Waals surface area contributed by atoms with E-state index in [4.69, 9.17) is 14.2 Å². The number of rotatable bonds is 7. The Morgan fingerprint density at radius 2 is 1.62 bits per heavy atom. The fourth-order valence-electron chi connectivity index (χ4n) is 3.00. The largest absolute Gasteiger partial charge is 0.497 e. The van der Waals surface area contributed by atoms with Gasteiger partial charge in [-0.1, -0.05) is 12.1 Å². The van der Waals surface area contributed by atoms with Crippen molar-refractivity contribution in [1.29, 1.82) is 0 Å². The van der Waals surface area contributed by atoms with Crippen LogP contribution in [0.3, 0.4) is 0 Å². The first-order valence-corrected chi connectivity index (χ1v) is 9.63. The van der Waals surface area contributed by atoms with Crippen molar-refractivity contribution in [2.24, 2.45) is 0 Å². The summed E-state index contributed by atoms with van der Waals surface area (Å²) >= 11 is 0. The molecule has 0 aliphatic carbocycles. The molecule has 0 heterocycles. The Bertz CT molecular complexity index is 801. The van der Waals surface area contributed by atoms with E-state index in [9.17, 15) is 9.90 Å². The molecule has 6 heteroatoms. The van der Waals surface area contributed by atoms with Crippen LogP contribution in [-0.4, -0.2) is 36.6 Å². The number of aryl methyl sites for hydroxylation is 2. The Morgan fingerprint density at radius 3 is 2.10 bits per heavy atom. The molecule has 2 aromatic carbocycles. The molecule has 0 bridgehead atoms. The van der Waals surface area contributed by atoms with E-state index in [1.165, 1.54) is 0 Å². The number of ether oxygens (including phenoxy) is 3. The SMILES string of the molecule is COc1ccc(Oc2c(C)cc(CC(CO)NC(=O)OC(C)(C)C)cc2C)cc1. The molecule has 2 rings (SSSR count). The number of amides is 1. The van der Waals surface area contributed by atoms with E-state index in [0.29, 0.717) is 6.42 Å². The zero-order chi connectivity index (χ0) is 21.6. The first-order valence-electron chi connectivity index (χ1n) is 9.63. The monoisotopic (exact) mass is 401 g/mol. The van der Waals surface area contributed by atoms with Crippen LogP contribution in [0.4, 0.5) is 4.79 Å².